The van der Waals surface area contributed by atoms with Crippen molar-refractivity contribution in [2.24, 2.45) is 0 Å². The Labute approximate surface area is 131 Å². The van der Waals surface area contributed by atoms with Gasteiger partial charge in [0.2, 0.25) is 0 Å². The number of carbonyl (C=O) groups is 1. The molecule has 0 spiro atoms. The van der Waals surface area contributed by atoms with Crippen LogP contribution in [0.5, 0.6) is 5.75 Å². The van der Waals surface area contributed by atoms with Crippen LogP contribution in [0.4, 0.5) is 5.69 Å². The van der Waals surface area contributed by atoms with Gasteiger partial charge < -0.3 is 15.4 Å². The Kier molecular flexibility index (Phi) is 5.57. The molecule has 21 heavy (non-hydrogen) atoms. The number of amides is 1. The highest BCUT2D eigenvalue weighted by molar-refractivity contribution is 9.10. The molecule has 0 aliphatic heterocycles. The molecule has 0 aliphatic rings. The summed E-state index contributed by atoms with van der Waals surface area (Å²) in [6, 6.07) is 13.2. The van der Waals surface area contributed by atoms with Gasteiger partial charge in [-0.1, -0.05) is 12.1 Å². The van der Waals surface area contributed by atoms with Crippen molar-refractivity contribution in [3.8, 4) is 5.75 Å². The Bertz CT molecular complexity index is 619. The molecule has 5 nitrogen and oxygen atoms in total. The molecule has 0 fully saturated rings. The Balaban J connectivity index is 1.93. The van der Waals surface area contributed by atoms with Gasteiger partial charge in [0.1, 0.15) is 10.4 Å². The maximum Gasteiger partial charge on any atom is 0.257 e. The van der Waals surface area contributed by atoms with Gasteiger partial charge in [-0.3, -0.25) is 4.79 Å². The van der Waals surface area contributed by atoms with E-state index in [1.807, 2.05) is 42.5 Å². The summed E-state index contributed by atoms with van der Waals surface area (Å²) in [5.41, 5.74) is 1.84. The Morgan fingerprint density at radius 1 is 1.29 bits per heavy atom. The lowest BCUT2D eigenvalue weighted by Crippen LogP contribution is -2.24. The van der Waals surface area contributed by atoms with Gasteiger partial charge in [0, 0.05) is 18.8 Å². The van der Waals surface area contributed by atoms with Crippen molar-refractivity contribution in [2.45, 2.75) is 6.54 Å². The second-order valence-corrected chi connectivity index (χ2v) is 5.11. The van der Waals surface area contributed by atoms with Crippen LogP contribution in [-0.4, -0.2) is 24.5 Å². The third-order valence-electron chi connectivity index (χ3n) is 2.73. The van der Waals surface area contributed by atoms with Gasteiger partial charge in [0.25, 0.3) is 5.91 Å². The minimum absolute atomic E-state index is 0.00708. The molecule has 0 bridgehead atoms. The Morgan fingerprint density at radius 2 is 2.10 bits per heavy atom. The quantitative estimate of drug-likeness (QED) is 0.786. The standard InChI is InChI=1S/C15H16BrN3O2/c1-17-15(20)10-21-13-6-2-4-11(8-13)18-9-12-5-3-7-14(16)19-12/h2-8,18H,9-10H2,1H3,(H,17,20). The normalized spacial score (nSPS) is 10.0. The fraction of sp³-hybridized carbons (Fsp3) is 0.200. The molecule has 1 heterocycles. The number of likely N-dealkylation sites (N-methyl/N-ethyl adjacent to an activating group) is 1. The molecule has 1 aromatic carbocycles. The number of halogens is 1. The highest BCUT2D eigenvalue weighted by Crippen LogP contribution is 2.18. The van der Waals surface area contributed by atoms with Crippen LogP contribution in [0.15, 0.2) is 47.1 Å². The smallest absolute Gasteiger partial charge is 0.257 e. The Hall–Kier alpha value is -2.08. The molecule has 1 amide bonds. The summed E-state index contributed by atoms with van der Waals surface area (Å²) in [6.45, 7) is 0.617. The van der Waals surface area contributed by atoms with Crippen LogP contribution in [0.25, 0.3) is 0 Å². The number of nitrogens with zero attached hydrogens (tertiary/aromatic N) is 1. The van der Waals surface area contributed by atoms with E-state index in [-0.39, 0.29) is 12.5 Å². The number of hydrogen-bond donors (Lipinski definition) is 2. The molecule has 110 valence electrons. The van der Waals surface area contributed by atoms with Crippen LogP contribution in [0.1, 0.15) is 5.69 Å². The zero-order valence-electron chi connectivity index (χ0n) is 11.6. The van der Waals surface area contributed by atoms with Crippen LogP contribution in [0.2, 0.25) is 0 Å². The summed E-state index contributed by atoms with van der Waals surface area (Å²) in [7, 11) is 1.58. The lowest BCUT2D eigenvalue weighted by molar-refractivity contribution is -0.122. The van der Waals surface area contributed by atoms with Gasteiger partial charge in [-0.25, -0.2) is 4.98 Å². The molecule has 2 rings (SSSR count). The maximum atomic E-state index is 11.1. The summed E-state index contributed by atoms with van der Waals surface area (Å²) in [6.07, 6.45) is 0. The Morgan fingerprint density at radius 3 is 2.86 bits per heavy atom. The molecule has 0 aliphatic carbocycles. The first-order chi connectivity index (χ1) is 10.2. The van der Waals surface area contributed by atoms with E-state index in [1.165, 1.54) is 0 Å². The fourth-order valence-corrected chi connectivity index (χ4v) is 2.04. The molecule has 0 saturated carbocycles. The van der Waals surface area contributed by atoms with Crippen LogP contribution in [-0.2, 0) is 11.3 Å². The highest BCUT2D eigenvalue weighted by atomic mass is 79.9. The van der Waals surface area contributed by atoms with Gasteiger partial charge in [0.15, 0.2) is 6.61 Å². The summed E-state index contributed by atoms with van der Waals surface area (Å²) in [4.78, 5) is 15.5. The first kappa shape index (κ1) is 15.3. The number of pyridine rings is 1. The lowest BCUT2D eigenvalue weighted by atomic mass is 10.3. The maximum absolute atomic E-state index is 11.1. The summed E-state index contributed by atoms with van der Waals surface area (Å²) in [5, 5.41) is 5.78. The van der Waals surface area contributed by atoms with E-state index in [0.29, 0.717) is 12.3 Å². The van der Waals surface area contributed by atoms with Gasteiger partial charge in [-0.05, 0) is 40.2 Å². The van der Waals surface area contributed by atoms with Crippen LogP contribution in [0, 0.1) is 0 Å². The first-order valence-corrected chi connectivity index (χ1v) is 7.25. The average molecular weight is 350 g/mol. The van der Waals surface area contributed by atoms with Gasteiger partial charge >= 0.3 is 0 Å². The number of aromatic nitrogens is 1. The molecule has 0 radical (unpaired) electrons. The molecular formula is C15H16BrN3O2. The first-order valence-electron chi connectivity index (χ1n) is 6.46. The van der Waals surface area contributed by atoms with E-state index in [0.717, 1.165) is 16.0 Å². The van der Waals surface area contributed by atoms with Crippen molar-refractivity contribution in [1.82, 2.24) is 10.3 Å². The molecule has 6 heteroatoms. The summed E-state index contributed by atoms with van der Waals surface area (Å²) < 4.78 is 6.21. The number of anilines is 1. The van der Waals surface area contributed by atoms with Crippen LogP contribution < -0.4 is 15.4 Å². The lowest BCUT2D eigenvalue weighted by Gasteiger charge is -2.09. The second-order valence-electron chi connectivity index (χ2n) is 4.29. The third-order valence-corrected chi connectivity index (χ3v) is 3.17. The van der Waals surface area contributed by atoms with Crippen molar-refractivity contribution in [1.29, 1.82) is 0 Å². The van der Waals surface area contributed by atoms with Gasteiger partial charge in [0.05, 0.1) is 12.2 Å². The number of carbonyl (C=O) groups excluding carboxylic acids is 1. The zero-order valence-corrected chi connectivity index (χ0v) is 13.2. The number of hydrogen-bond acceptors (Lipinski definition) is 4. The number of nitrogens with one attached hydrogen (secondary N) is 2. The monoisotopic (exact) mass is 349 g/mol. The third kappa shape index (κ3) is 5.07. The molecule has 0 atom stereocenters. The molecule has 2 aromatic rings. The van der Waals surface area contributed by atoms with E-state index in [4.69, 9.17) is 4.74 Å². The SMILES string of the molecule is CNC(=O)COc1cccc(NCc2cccc(Br)n2)c1. The van der Waals surface area contributed by atoms with Gasteiger partial charge in [-0.15, -0.1) is 0 Å². The van der Waals surface area contributed by atoms with E-state index < -0.39 is 0 Å². The molecular weight excluding hydrogens is 334 g/mol. The predicted molar refractivity (Wildman–Crippen MR) is 85.3 cm³/mol. The van der Waals surface area contributed by atoms with Crippen molar-refractivity contribution < 1.29 is 9.53 Å². The van der Waals surface area contributed by atoms with Crippen molar-refractivity contribution in [2.75, 3.05) is 19.0 Å². The minimum atomic E-state index is -0.160. The summed E-state index contributed by atoms with van der Waals surface area (Å²) in [5.74, 6) is 0.484. The van der Waals surface area contributed by atoms with Crippen molar-refractivity contribution in [3.63, 3.8) is 0 Å². The van der Waals surface area contributed by atoms with Crippen LogP contribution in [0.3, 0.4) is 0 Å². The summed E-state index contributed by atoms with van der Waals surface area (Å²) >= 11 is 3.34. The molecule has 1 aromatic heterocycles. The van der Waals surface area contributed by atoms with E-state index in [1.54, 1.807) is 7.05 Å². The van der Waals surface area contributed by atoms with E-state index >= 15 is 0 Å². The predicted octanol–water partition coefficient (Wildman–Crippen LogP) is 2.58. The number of benzene rings is 1. The van der Waals surface area contributed by atoms with E-state index in [9.17, 15) is 4.79 Å². The van der Waals surface area contributed by atoms with Crippen LogP contribution >= 0.6 is 15.9 Å². The topological polar surface area (TPSA) is 63.2 Å². The largest absolute Gasteiger partial charge is 0.484 e. The number of rotatable bonds is 6. The molecule has 2 N–H and O–H groups in total. The van der Waals surface area contributed by atoms with Crippen molar-refractivity contribution in [3.05, 3.63) is 52.8 Å². The fourth-order valence-electron chi connectivity index (χ4n) is 1.66. The molecule has 0 saturated heterocycles. The number of ether oxygens (including phenoxy) is 1. The second kappa shape index (κ2) is 7.64. The van der Waals surface area contributed by atoms with Gasteiger partial charge in [-0.2, -0.15) is 0 Å². The van der Waals surface area contributed by atoms with Crippen molar-refractivity contribution >= 4 is 27.5 Å². The average Bonchev–Trinajstić information content (AvgIpc) is 2.51. The zero-order chi connectivity index (χ0) is 15.1. The highest BCUT2D eigenvalue weighted by Gasteiger charge is 2.01. The molecule has 0 unspecified atom stereocenters. The van der Waals surface area contributed by atoms with E-state index in [2.05, 4.69) is 31.5 Å². The minimum Gasteiger partial charge on any atom is -0.484 e.